The average Bonchev–Trinajstić information content (AvgIpc) is 3.51. The molecule has 6 rings (SSSR count). The van der Waals surface area contributed by atoms with Crippen molar-refractivity contribution in [1.29, 1.82) is 0 Å². The Balaban J connectivity index is 1.68. The monoisotopic (exact) mass is 488 g/mol. The summed E-state index contributed by atoms with van der Waals surface area (Å²) in [6, 6.07) is 25.7. The highest BCUT2D eigenvalue weighted by Gasteiger charge is 2.44. The van der Waals surface area contributed by atoms with Crippen LogP contribution in [0.25, 0.3) is 27.7 Å². The van der Waals surface area contributed by atoms with E-state index in [9.17, 15) is 14.4 Å². The first-order chi connectivity index (χ1) is 18.0. The van der Waals surface area contributed by atoms with Crippen LogP contribution >= 0.6 is 0 Å². The molecule has 1 aliphatic heterocycles. The first-order valence-corrected chi connectivity index (χ1v) is 12.2. The van der Waals surface area contributed by atoms with E-state index in [-0.39, 0.29) is 22.3 Å². The number of anilines is 1. The minimum absolute atomic E-state index is 0.120. The smallest absolute Gasteiger partial charge is 0.279 e. The van der Waals surface area contributed by atoms with Crippen LogP contribution in [0, 0.1) is 6.92 Å². The van der Waals surface area contributed by atoms with Gasteiger partial charge in [-0.15, -0.1) is 0 Å². The summed E-state index contributed by atoms with van der Waals surface area (Å²) >= 11 is 0. The summed E-state index contributed by atoms with van der Waals surface area (Å²) in [4.78, 5) is 46.6. The maximum Gasteiger partial charge on any atom is 0.279 e. The number of H-pyrrole nitrogens is 2. The highest BCUT2D eigenvalue weighted by atomic mass is 16.2. The molecule has 5 aromatic rings. The SMILES string of the molecule is CCc1[nH]n(-c2ccccc2)c(=O)c1C1=C(c2c(C)[nH]c3ccccc23)C(=O)N(c2ccccc2)C1=O. The quantitative estimate of drug-likeness (QED) is 0.341. The van der Waals surface area contributed by atoms with Crippen LogP contribution in [0.1, 0.15) is 29.4 Å². The molecule has 0 unspecified atom stereocenters. The van der Waals surface area contributed by atoms with E-state index in [0.717, 1.165) is 16.6 Å². The molecule has 7 nitrogen and oxygen atoms in total. The van der Waals surface area contributed by atoms with Crippen molar-refractivity contribution < 1.29 is 9.59 Å². The summed E-state index contributed by atoms with van der Waals surface area (Å²) in [5.74, 6) is -0.963. The number of amides is 2. The molecule has 0 spiro atoms. The van der Waals surface area contributed by atoms with E-state index in [2.05, 4.69) is 10.1 Å². The zero-order valence-electron chi connectivity index (χ0n) is 20.4. The maximum absolute atomic E-state index is 14.1. The van der Waals surface area contributed by atoms with Crippen molar-refractivity contribution in [3.05, 3.63) is 118 Å². The predicted octanol–water partition coefficient (Wildman–Crippen LogP) is 5.00. The van der Waals surface area contributed by atoms with E-state index >= 15 is 0 Å². The van der Waals surface area contributed by atoms with E-state index < -0.39 is 11.8 Å². The van der Waals surface area contributed by atoms with Gasteiger partial charge in [-0.05, 0) is 43.7 Å². The lowest BCUT2D eigenvalue weighted by Crippen LogP contribution is -2.31. The fourth-order valence-electron chi connectivity index (χ4n) is 5.16. The molecule has 2 N–H and O–H groups in total. The molecule has 0 saturated heterocycles. The van der Waals surface area contributed by atoms with Gasteiger partial charge in [-0.3, -0.25) is 19.5 Å². The van der Waals surface area contributed by atoms with Gasteiger partial charge >= 0.3 is 0 Å². The number of benzene rings is 3. The minimum Gasteiger partial charge on any atom is -0.358 e. The highest BCUT2D eigenvalue weighted by Crippen LogP contribution is 2.41. The predicted molar refractivity (Wildman–Crippen MR) is 145 cm³/mol. The number of nitrogens with zero attached hydrogens (tertiary/aromatic N) is 2. The van der Waals surface area contributed by atoms with Crippen LogP contribution in [0.15, 0.2) is 89.7 Å². The van der Waals surface area contributed by atoms with E-state index in [1.165, 1.54) is 9.58 Å². The Morgan fingerprint density at radius 1 is 0.703 bits per heavy atom. The molecule has 0 atom stereocenters. The largest absolute Gasteiger partial charge is 0.358 e. The third-order valence-electron chi connectivity index (χ3n) is 6.83. The second-order valence-electron chi connectivity index (χ2n) is 9.00. The third-order valence-corrected chi connectivity index (χ3v) is 6.83. The van der Waals surface area contributed by atoms with Gasteiger partial charge < -0.3 is 4.98 Å². The van der Waals surface area contributed by atoms with E-state index in [4.69, 9.17) is 0 Å². The van der Waals surface area contributed by atoms with E-state index in [1.54, 1.807) is 24.3 Å². The van der Waals surface area contributed by atoms with Gasteiger partial charge in [-0.25, -0.2) is 9.58 Å². The summed E-state index contributed by atoms with van der Waals surface area (Å²) in [5, 5.41) is 4.00. The summed E-state index contributed by atoms with van der Waals surface area (Å²) < 4.78 is 1.43. The Labute approximate surface area is 212 Å². The lowest BCUT2D eigenvalue weighted by molar-refractivity contribution is -0.119. The lowest BCUT2D eigenvalue weighted by atomic mass is 9.94. The minimum atomic E-state index is -0.512. The maximum atomic E-state index is 14.1. The molecule has 3 heterocycles. The Morgan fingerprint density at radius 2 is 1.27 bits per heavy atom. The Bertz CT molecular complexity index is 1770. The summed E-state index contributed by atoms with van der Waals surface area (Å²) in [5.41, 5.74) is 4.14. The molecule has 7 heteroatoms. The second kappa shape index (κ2) is 8.64. The molecule has 2 aromatic heterocycles. The van der Waals surface area contributed by atoms with Crippen molar-refractivity contribution in [1.82, 2.24) is 14.8 Å². The van der Waals surface area contributed by atoms with Gasteiger partial charge in [0.25, 0.3) is 17.4 Å². The van der Waals surface area contributed by atoms with Crippen LogP contribution in [0.2, 0.25) is 0 Å². The van der Waals surface area contributed by atoms with Crippen molar-refractivity contribution in [2.24, 2.45) is 0 Å². The molecule has 0 aliphatic carbocycles. The van der Waals surface area contributed by atoms with Crippen molar-refractivity contribution in [2.45, 2.75) is 20.3 Å². The molecule has 0 fully saturated rings. The first kappa shape index (κ1) is 22.5. The van der Waals surface area contributed by atoms with Gasteiger partial charge in [-0.2, -0.15) is 0 Å². The van der Waals surface area contributed by atoms with Crippen molar-refractivity contribution in [2.75, 3.05) is 4.90 Å². The number of rotatable bonds is 5. The van der Waals surface area contributed by atoms with Crippen LogP contribution in [0.5, 0.6) is 0 Å². The molecular formula is C30H24N4O3. The van der Waals surface area contributed by atoms with Crippen LogP contribution in [0.3, 0.4) is 0 Å². The first-order valence-electron chi connectivity index (χ1n) is 12.2. The van der Waals surface area contributed by atoms with Crippen LogP contribution < -0.4 is 10.5 Å². The Hall–Kier alpha value is -4.91. The number of carbonyl (C=O) groups excluding carboxylic acids is 2. The van der Waals surface area contributed by atoms with Gasteiger partial charge in [0.05, 0.1) is 28.1 Å². The number of aromatic amines is 2. The number of aryl methyl sites for hydroxylation is 2. The number of hydrogen-bond acceptors (Lipinski definition) is 3. The van der Waals surface area contributed by atoms with Gasteiger partial charge in [0.15, 0.2) is 0 Å². The fourth-order valence-corrected chi connectivity index (χ4v) is 5.16. The number of hydrogen-bond donors (Lipinski definition) is 2. The van der Waals surface area contributed by atoms with Crippen molar-refractivity contribution in [3.63, 3.8) is 0 Å². The summed E-state index contributed by atoms with van der Waals surface area (Å²) in [6.45, 7) is 3.79. The van der Waals surface area contributed by atoms with Crippen LogP contribution in [-0.2, 0) is 16.0 Å². The molecule has 182 valence electrons. The number of carbonyl (C=O) groups is 2. The van der Waals surface area contributed by atoms with Crippen LogP contribution in [-0.4, -0.2) is 26.6 Å². The van der Waals surface area contributed by atoms with Crippen molar-refractivity contribution >= 4 is 39.6 Å². The molecular weight excluding hydrogens is 464 g/mol. The number of aromatic nitrogens is 3. The zero-order valence-corrected chi connectivity index (χ0v) is 20.4. The summed E-state index contributed by atoms with van der Waals surface area (Å²) in [6.07, 6.45) is 0.473. The highest BCUT2D eigenvalue weighted by molar-refractivity contribution is 6.57. The fraction of sp³-hybridized carbons (Fsp3) is 0.100. The number of para-hydroxylation sites is 3. The van der Waals surface area contributed by atoms with Gasteiger partial charge in [0, 0.05) is 27.9 Å². The normalized spacial score (nSPS) is 13.8. The third kappa shape index (κ3) is 3.39. The Morgan fingerprint density at radius 3 is 1.92 bits per heavy atom. The topological polar surface area (TPSA) is 91.0 Å². The number of imide groups is 1. The molecule has 2 amide bonds. The van der Waals surface area contributed by atoms with E-state index in [1.807, 2.05) is 74.5 Å². The number of fused-ring (bicyclic) bond motifs is 1. The number of nitrogens with one attached hydrogen (secondary N) is 2. The lowest BCUT2D eigenvalue weighted by Gasteiger charge is -2.15. The van der Waals surface area contributed by atoms with Gasteiger partial charge in [0.2, 0.25) is 0 Å². The van der Waals surface area contributed by atoms with Gasteiger partial charge in [0.1, 0.15) is 0 Å². The molecule has 1 aliphatic rings. The van der Waals surface area contributed by atoms with Crippen molar-refractivity contribution in [3.8, 4) is 5.69 Å². The molecule has 0 bridgehead atoms. The molecule has 0 saturated carbocycles. The average molecular weight is 489 g/mol. The van der Waals surface area contributed by atoms with E-state index in [0.29, 0.717) is 29.1 Å². The standard InChI is InChI=1S/C30H24N4O3/c1-3-22-25(30(37)34(32-22)20-14-8-5-9-15-20)27-26(24-18(2)31-23-17-11-10-16-21(23)24)28(35)33(29(27)36)19-12-6-4-7-13-19/h4-17,31-32H,3H2,1-2H3. The molecule has 3 aromatic carbocycles. The molecule has 0 radical (unpaired) electrons. The summed E-state index contributed by atoms with van der Waals surface area (Å²) in [7, 11) is 0. The zero-order chi connectivity index (χ0) is 25.7. The molecule has 37 heavy (non-hydrogen) atoms. The van der Waals surface area contributed by atoms with Gasteiger partial charge in [-0.1, -0.05) is 61.5 Å². The van der Waals surface area contributed by atoms with Crippen LogP contribution in [0.4, 0.5) is 5.69 Å². The second-order valence-corrected chi connectivity index (χ2v) is 9.00. The Kier molecular flexibility index (Phi) is 5.26.